The van der Waals surface area contributed by atoms with E-state index in [1.54, 1.807) is 13.8 Å². The third-order valence-electron chi connectivity index (χ3n) is 2.85. The molecule has 134 valence electrons. The van der Waals surface area contributed by atoms with E-state index in [0.29, 0.717) is 17.1 Å². The molecule has 25 heavy (non-hydrogen) atoms. The summed E-state index contributed by atoms with van der Waals surface area (Å²) >= 11 is 0.958. The van der Waals surface area contributed by atoms with E-state index < -0.39 is 28.3 Å². The largest absolute Gasteiger partial charge is 0.462 e. The molecule has 11 heteroatoms. The van der Waals surface area contributed by atoms with E-state index in [2.05, 4.69) is 4.98 Å². The van der Waals surface area contributed by atoms with E-state index in [1.165, 1.54) is 0 Å². The molecule has 0 amide bonds. The Morgan fingerprint density at radius 3 is 2.64 bits per heavy atom. The van der Waals surface area contributed by atoms with Gasteiger partial charge in [0.05, 0.1) is 16.5 Å². The number of nitro groups is 1. The van der Waals surface area contributed by atoms with Crippen LogP contribution in [0.2, 0.25) is 0 Å². The van der Waals surface area contributed by atoms with Crippen molar-refractivity contribution in [3.8, 4) is 11.6 Å². The first-order valence-corrected chi connectivity index (χ1v) is 7.63. The second-order valence-corrected chi connectivity index (χ2v) is 5.83. The van der Waals surface area contributed by atoms with Crippen LogP contribution in [-0.4, -0.2) is 22.5 Å². The van der Waals surface area contributed by atoms with Gasteiger partial charge in [-0.05, 0) is 19.9 Å². The van der Waals surface area contributed by atoms with Crippen LogP contribution in [0, 0.1) is 17.0 Å². The average molecular weight is 376 g/mol. The van der Waals surface area contributed by atoms with Gasteiger partial charge in [-0.25, -0.2) is 9.78 Å². The summed E-state index contributed by atoms with van der Waals surface area (Å²) in [5.41, 5.74) is -2.56. The monoisotopic (exact) mass is 376 g/mol. The minimum Gasteiger partial charge on any atom is -0.462 e. The third-order valence-corrected chi connectivity index (χ3v) is 3.78. The Hall–Kier alpha value is -2.69. The molecular weight excluding hydrogens is 365 g/mol. The van der Waals surface area contributed by atoms with Crippen molar-refractivity contribution < 1.29 is 32.4 Å². The van der Waals surface area contributed by atoms with Crippen LogP contribution in [0.3, 0.4) is 0 Å². The fraction of sp³-hybridized carbons (Fsp3) is 0.286. The number of nitro benzene ring substituents is 1. The summed E-state index contributed by atoms with van der Waals surface area (Å²) in [5.74, 6) is -1.28. The smallest absolute Gasteiger partial charge is 0.423 e. The van der Waals surface area contributed by atoms with Crippen molar-refractivity contribution >= 4 is 23.0 Å². The second kappa shape index (κ2) is 7.05. The normalized spacial score (nSPS) is 11.2. The molecule has 0 aliphatic heterocycles. The fourth-order valence-corrected chi connectivity index (χ4v) is 2.62. The SMILES string of the molecule is CCOC(=O)c1sc(C)nc1Oc1ccc([N+](=O)[O-])c(C(F)(F)F)c1. The van der Waals surface area contributed by atoms with Crippen LogP contribution >= 0.6 is 11.3 Å². The van der Waals surface area contributed by atoms with E-state index in [9.17, 15) is 28.1 Å². The number of halogens is 3. The molecule has 0 saturated heterocycles. The molecule has 1 aromatic heterocycles. The predicted molar refractivity (Wildman–Crippen MR) is 81.0 cm³/mol. The number of thiazole rings is 1. The number of alkyl halides is 3. The van der Waals surface area contributed by atoms with Crippen molar-refractivity contribution in [2.24, 2.45) is 0 Å². The lowest BCUT2D eigenvalue weighted by Gasteiger charge is -2.10. The van der Waals surface area contributed by atoms with Gasteiger partial charge in [0.25, 0.3) is 5.69 Å². The van der Waals surface area contributed by atoms with Crippen LogP contribution in [0.15, 0.2) is 18.2 Å². The van der Waals surface area contributed by atoms with Crippen LogP contribution in [0.5, 0.6) is 11.6 Å². The highest BCUT2D eigenvalue weighted by atomic mass is 32.1. The lowest BCUT2D eigenvalue weighted by molar-refractivity contribution is -0.388. The van der Waals surface area contributed by atoms with Crippen molar-refractivity contribution in [3.63, 3.8) is 0 Å². The van der Waals surface area contributed by atoms with Gasteiger partial charge < -0.3 is 9.47 Å². The second-order valence-electron chi connectivity index (χ2n) is 4.62. The van der Waals surface area contributed by atoms with E-state index in [1.807, 2.05) is 0 Å². The van der Waals surface area contributed by atoms with Gasteiger partial charge in [-0.3, -0.25) is 10.1 Å². The summed E-state index contributed by atoms with van der Waals surface area (Å²) in [7, 11) is 0. The van der Waals surface area contributed by atoms with Gasteiger partial charge >= 0.3 is 12.1 Å². The van der Waals surface area contributed by atoms with E-state index in [-0.39, 0.29) is 23.1 Å². The number of nitrogens with zero attached hydrogens (tertiary/aromatic N) is 2. The summed E-state index contributed by atoms with van der Waals surface area (Å²) in [6.07, 6.45) is -4.94. The molecule has 0 radical (unpaired) electrons. The molecule has 1 aromatic carbocycles. The summed E-state index contributed by atoms with van der Waals surface area (Å²) in [4.78, 5) is 25.4. The van der Waals surface area contributed by atoms with Crippen molar-refractivity contribution in [1.82, 2.24) is 4.98 Å². The molecular formula is C14H11F3N2O5S. The van der Waals surface area contributed by atoms with Crippen LogP contribution < -0.4 is 4.74 Å². The number of ether oxygens (including phenoxy) is 2. The highest BCUT2D eigenvalue weighted by molar-refractivity contribution is 7.13. The van der Waals surface area contributed by atoms with Gasteiger partial charge in [-0.15, -0.1) is 11.3 Å². The Bertz CT molecular complexity index is 819. The summed E-state index contributed by atoms with van der Waals surface area (Å²) in [6.45, 7) is 3.28. The number of carbonyl (C=O) groups is 1. The van der Waals surface area contributed by atoms with Gasteiger partial charge in [0, 0.05) is 12.1 Å². The van der Waals surface area contributed by atoms with Gasteiger partial charge in [-0.1, -0.05) is 0 Å². The summed E-state index contributed by atoms with van der Waals surface area (Å²) in [6, 6.07) is 2.17. The van der Waals surface area contributed by atoms with E-state index in [0.717, 1.165) is 17.4 Å². The molecule has 0 spiro atoms. The molecule has 0 bridgehead atoms. The number of hydrogen-bond donors (Lipinski definition) is 0. The van der Waals surface area contributed by atoms with E-state index >= 15 is 0 Å². The molecule has 0 N–H and O–H groups in total. The molecule has 7 nitrogen and oxygen atoms in total. The minimum absolute atomic E-state index is 0.00809. The zero-order valence-electron chi connectivity index (χ0n) is 12.9. The zero-order chi connectivity index (χ0) is 18.8. The predicted octanol–water partition coefficient (Wildman–Crippen LogP) is 4.35. The first-order chi connectivity index (χ1) is 11.6. The maximum absolute atomic E-state index is 13.0. The molecule has 1 heterocycles. The fourth-order valence-electron chi connectivity index (χ4n) is 1.88. The Labute approximate surface area is 143 Å². The number of carbonyl (C=O) groups excluding carboxylic acids is 1. The van der Waals surface area contributed by atoms with Crippen molar-refractivity contribution in [3.05, 3.63) is 43.8 Å². The molecule has 0 aliphatic rings. The average Bonchev–Trinajstić information content (AvgIpc) is 2.87. The number of hydrogen-bond acceptors (Lipinski definition) is 7. The molecule has 0 atom stereocenters. The topological polar surface area (TPSA) is 91.6 Å². The molecule has 0 saturated carbocycles. The molecule has 2 rings (SSSR count). The van der Waals surface area contributed by atoms with E-state index in [4.69, 9.17) is 9.47 Å². The summed E-state index contributed by atoms with van der Waals surface area (Å²) in [5, 5.41) is 11.2. The van der Waals surface area contributed by atoms with Crippen molar-refractivity contribution in [2.45, 2.75) is 20.0 Å². The Balaban J connectivity index is 2.42. The zero-order valence-corrected chi connectivity index (χ0v) is 13.7. The van der Waals surface area contributed by atoms with Gasteiger partial charge in [0.1, 0.15) is 11.3 Å². The highest BCUT2D eigenvalue weighted by Gasteiger charge is 2.38. The van der Waals surface area contributed by atoms with Gasteiger partial charge in [0.2, 0.25) is 5.88 Å². The minimum atomic E-state index is -4.94. The van der Waals surface area contributed by atoms with Crippen LogP contribution in [0.25, 0.3) is 0 Å². The first kappa shape index (κ1) is 18.6. The maximum Gasteiger partial charge on any atom is 0.423 e. The highest BCUT2D eigenvalue weighted by Crippen LogP contribution is 2.39. The van der Waals surface area contributed by atoms with Gasteiger partial charge in [-0.2, -0.15) is 13.2 Å². The maximum atomic E-state index is 13.0. The number of esters is 1. The van der Waals surface area contributed by atoms with Crippen LogP contribution in [0.1, 0.15) is 27.2 Å². The number of rotatable bonds is 5. The Morgan fingerprint density at radius 2 is 2.08 bits per heavy atom. The lowest BCUT2D eigenvalue weighted by atomic mass is 10.1. The molecule has 0 unspecified atom stereocenters. The molecule has 0 aliphatic carbocycles. The Morgan fingerprint density at radius 1 is 1.40 bits per heavy atom. The van der Waals surface area contributed by atoms with Crippen LogP contribution in [-0.2, 0) is 10.9 Å². The quantitative estimate of drug-likeness (QED) is 0.438. The molecule has 0 fully saturated rings. The Kier molecular flexibility index (Phi) is 5.26. The summed E-state index contributed by atoms with van der Waals surface area (Å²) < 4.78 is 49.1. The third kappa shape index (κ3) is 4.24. The standard InChI is InChI=1S/C14H11F3N2O5S/c1-3-23-13(20)11-12(18-7(2)25-11)24-8-4-5-10(19(21)22)9(6-8)14(15,16)17/h4-6H,3H2,1-2H3. The lowest BCUT2D eigenvalue weighted by Crippen LogP contribution is -2.09. The van der Waals surface area contributed by atoms with Crippen molar-refractivity contribution in [1.29, 1.82) is 0 Å². The van der Waals surface area contributed by atoms with Gasteiger partial charge in [0.15, 0.2) is 4.88 Å². The number of aryl methyl sites for hydroxylation is 1. The number of benzene rings is 1. The first-order valence-electron chi connectivity index (χ1n) is 6.81. The number of aromatic nitrogens is 1. The van der Waals surface area contributed by atoms with Crippen molar-refractivity contribution in [2.75, 3.05) is 6.61 Å². The molecule has 2 aromatic rings. The van der Waals surface area contributed by atoms with Crippen LogP contribution in [0.4, 0.5) is 18.9 Å².